The maximum atomic E-state index is 12.1. The quantitative estimate of drug-likeness (QED) is 0.734. The Morgan fingerprint density at radius 3 is 3.04 bits per heavy atom. The number of carbonyl (C=O) groups excluding carboxylic acids is 1. The average Bonchev–Trinajstić information content (AvgIpc) is 3.31. The van der Waals surface area contributed by atoms with E-state index in [0.29, 0.717) is 19.6 Å². The molecule has 8 heteroatoms. The van der Waals surface area contributed by atoms with Gasteiger partial charge in [-0.1, -0.05) is 0 Å². The van der Waals surface area contributed by atoms with E-state index in [4.69, 9.17) is 5.26 Å². The van der Waals surface area contributed by atoms with E-state index < -0.39 is 0 Å². The summed E-state index contributed by atoms with van der Waals surface area (Å²) in [6.45, 7) is 2.28. The Bertz CT molecular complexity index is 741. The van der Waals surface area contributed by atoms with Gasteiger partial charge in [-0.15, -0.1) is 11.3 Å². The summed E-state index contributed by atoms with van der Waals surface area (Å²) < 4.78 is 0. The highest BCUT2D eigenvalue weighted by Crippen LogP contribution is 2.23. The topological polar surface area (TPSA) is 93.9 Å². The molecule has 130 valence electrons. The van der Waals surface area contributed by atoms with Crippen LogP contribution in [0.25, 0.3) is 11.3 Å². The van der Waals surface area contributed by atoms with Crippen molar-refractivity contribution in [1.29, 1.82) is 5.26 Å². The Labute approximate surface area is 150 Å². The number of hydrogen-bond donors (Lipinski definition) is 2. The van der Waals surface area contributed by atoms with Gasteiger partial charge in [0, 0.05) is 43.0 Å². The van der Waals surface area contributed by atoms with Crippen LogP contribution in [0.4, 0.5) is 5.13 Å². The van der Waals surface area contributed by atoms with Gasteiger partial charge in [-0.25, -0.2) is 4.98 Å². The number of thiazole rings is 1. The predicted molar refractivity (Wildman–Crippen MR) is 97.1 cm³/mol. The number of likely N-dealkylation sites (tertiary alicyclic amines) is 1. The fourth-order valence-electron chi connectivity index (χ4n) is 2.76. The monoisotopic (exact) mass is 356 g/mol. The van der Waals surface area contributed by atoms with E-state index in [1.165, 1.54) is 0 Å². The maximum Gasteiger partial charge on any atom is 0.237 e. The number of rotatable bonds is 7. The minimum absolute atomic E-state index is 0.00160. The second kappa shape index (κ2) is 8.55. The van der Waals surface area contributed by atoms with Crippen molar-refractivity contribution in [2.24, 2.45) is 0 Å². The molecule has 0 aliphatic carbocycles. The fourth-order valence-corrected chi connectivity index (χ4v) is 3.51. The SMILES string of the molecule is N#C[C@@H]1CCCN1C(=O)CNCCNc1nc(-c2ccncc2)cs1. The Morgan fingerprint density at radius 2 is 2.24 bits per heavy atom. The molecule has 1 aliphatic rings. The third-order valence-electron chi connectivity index (χ3n) is 4.06. The third-order valence-corrected chi connectivity index (χ3v) is 4.86. The molecule has 3 heterocycles. The summed E-state index contributed by atoms with van der Waals surface area (Å²) in [6.07, 6.45) is 5.20. The second-order valence-corrected chi connectivity index (χ2v) is 6.61. The first-order valence-electron chi connectivity index (χ1n) is 8.27. The molecule has 1 fully saturated rings. The molecule has 0 bridgehead atoms. The minimum atomic E-state index is -0.255. The van der Waals surface area contributed by atoms with Crippen LogP contribution in [0.15, 0.2) is 29.9 Å². The molecule has 0 aromatic carbocycles. The number of nitriles is 1. The van der Waals surface area contributed by atoms with E-state index in [1.807, 2.05) is 17.5 Å². The summed E-state index contributed by atoms with van der Waals surface area (Å²) in [4.78, 5) is 22.3. The summed E-state index contributed by atoms with van der Waals surface area (Å²) in [7, 11) is 0. The van der Waals surface area contributed by atoms with Crippen molar-refractivity contribution in [3.05, 3.63) is 29.9 Å². The number of nitrogens with zero attached hydrogens (tertiary/aromatic N) is 4. The zero-order valence-corrected chi connectivity index (χ0v) is 14.6. The number of amides is 1. The molecule has 2 aromatic heterocycles. The van der Waals surface area contributed by atoms with E-state index in [2.05, 4.69) is 26.7 Å². The summed E-state index contributed by atoms with van der Waals surface area (Å²) in [5, 5.41) is 18.2. The number of hydrogen-bond acceptors (Lipinski definition) is 7. The van der Waals surface area contributed by atoms with Crippen LogP contribution in [0.2, 0.25) is 0 Å². The first kappa shape index (κ1) is 17.3. The highest BCUT2D eigenvalue weighted by Gasteiger charge is 2.27. The number of anilines is 1. The number of nitrogens with one attached hydrogen (secondary N) is 2. The molecule has 1 saturated heterocycles. The zero-order valence-electron chi connectivity index (χ0n) is 13.8. The van der Waals surface area contributed by atoms with Crippen LogP contribution in [0.5, 0.6) is 0 Å². The van der Waals surface area contributed by atoms with Gasteiger partial charge in [0.15, 0.2) is 5.13 Å². The lowest BCUT2D eigenvalue weighted by Gasteiger charge is -2.19. The summed E-state index contributed by atoms with van der Waals surface area (Å²) in [5.74, 6) is -0.00160. The Kier molecular flexibility index (Phi) is 5.93. The van der Waals surface area contributed by atoms with E-state index in [-0.39, 0.29) is 18.5 Å². The average molecular weight is 356 g/mol. The minimum Gasteiger partial charge on any atom is -0.360 e. The van der Waals surface area contributed by atoms with Gasteiger partial charge in [0.2, 0.25) is 5.91 Å². The summed E-state index contributed by atoms with van der Waals surface area (Å²) >= 11 is 1.55. The van der Waals surface area contributed by atoms with E-state index >= 15 is 0 Å². The maximum absolute atomic E-state index is 12.1. The second-order valence-electron chi connectivity index (χ2n) is 5.75. The zero-order chi connectivity index (χ0) is 17.5. The molecule has 0 radical (unpaired) electrons. The molecule has 2 aromatic rings. The molecule has 0 spiro atoms. The Hall–Kier alpha value is -2.50. The van der Waals surface area contributed by atoms with Crippen molar-refractivity contribution in [3.63, 3.8) is 0 Å². The summed E-state index contributed by atoms with van der Waals surface area (Å²) in [5.41, 5.74) is 1.97. The predicted octanol–water partition coefficient (Wildman–Crippen LogP) is 1.72. The van der Waals surface area contributed by atoms with Gasteiger partial charge < -0.3 is 15.5 Å². The highest BCUT2D eigenvalue weighted by atomic mass is 32.1. The molecular formula is C17H20N6OS. The van der Waals surface area contributed by atoms with Gasteiger partial charge in [0.1, 0.15) is 6.04 Å². The summed E-state index contributed by atoms with van der Waals surface area (Å²) in [6, 6.07) is 5.79. The van der Waals surface area contributed by atoms with Crippen molar-refractivity contribution >= 4 is 22.4 Å². The van der Waals surface area contributed by atoms with Gasteiger partial charge in [0.05, 0.1) is 18.3 Å². The number of pyridine rings is 1. The van der Waals surface area contributed by atoms with Crippen LogP contribution in [0, 0.1) is 11.3 Å². The van der Waals surface area contributed by atoms with Crippen LogP contribution >= 0.6 is 11.3 Å². The first-order valence-corrected chi connectivity index (χ1v) is 9.15. The van der Waals surface area contributed by atoms with Crippen molar-refractivity contribution in [1.82, 2.24) is 20.2 Å². The molecule has 1 amide bonds. The molecule has 1 aliphatic heterocycles. The van der Waals surface area contributed by atoms with Gasteiger partial charge >= 0.3 is 0 Å². The van der Waals surface area contributed by atoms with Crippen LogP contribution in [-0.4, -0.2) is 53.0 Å². The molecule has 2 N–H and O–H groups in total. The van der Waals surface area contributed by atoms with Crippen molar-refractivity contribution in [2.45, 2.75) is 18.9 Å². The van der Waals surface area contributed by atoms with E-state index in [0.717, 1.165) is 29.2 Å². The van der Waals surface area contributed by atoms with Crippen LogP contribution < -0.4 is 10.6 Å². The van der Waals surface area contributed by atoms with Gasteiger partial charge in [0.25, 0.3) is 0 Å². The van der Waals surface area contributed by atoms with Crippen molar-refractivity contribution in [2.75, 3.05) is 31.5 Å². The molecular weight excluding hydrogens is 336 g/mol. The molecule has 7 nitrogen and oxygen atoms in total. The normalized spacial score (nSPS) is 16.6. The van der Waals surface area contributed by atoms with E-state index in [9.17, 15) is 4.79 Å². The molecule has 0 unspecified atom stereocenters. The largest absolute Gasteiger partial charge is 0.360 e. The lowest BCUT2D eigenvalue weighted by Crippen LogP contribution is -2.41. The van der Waals surface area contributed by atoms with Crippen molar-refractivity contribution < 1.29 is 4.79 Å². The van der Waals surface area contributed by atoms with Crippen LogP contribution in [0.1, 0.15) is 12.8 Å². The third kappa shape index (κ3) is 4.53. The lowest BCUT2D eigenvalue weighted by molar-refractivity contribution is -0.130. The molecule has 1 atom stereocenters. The van der Waals surface area contributed by atoms with Crippen LogP contribution in [-0.2, 0) is 4.79 Å². The fraction of sp³-hybridized carbons (Fsp3) is 0.412. The van der Waals surface area contributed by atoms with Crippen LogP contribution in [0.3, 0.4) is 0 Å². The van der Waals surface area contributed by atoms with Gasteiger partial charge in [-0.05, 0) is 25.0 Å². The number of aromatic nitrogens is 2. The number of carbonyl (C=O) groups is 1. The lowest BCUT2D eigenvalue weighted by atomic mass is 10.2. The molecule has 25 heavy (non-hydrogen) atoms. The van der Waals surface area contributed by atoms with E-state index in [1.54, 1.807) is 28.6 Å². The van der Waals surface area contributed by atoms with Gasteiger partial charge in [-0.2, -0.15) is 5.26 Å². The highest BCUT2D eigenvalue weighted by molar-refractivity contribution is 7.14. The smallest absolute Gasteiger partial charge is 0.237 e. The first-order chi connectivity index (χ1) is 12.3. The molecule has 0 saturated carbocycles. The standard InChI is InChI=1S/C17H20N6OS/c18-10-14-2-1-9-23(14)16(24)11-20-7-8-21-17-22-15(12-25-17)13-3-5-19-6-4-13/h3-6,12,14,20H,1-2,7-9,11H2,(H,21,22)/t14-/m0/s1. The molecule has 3 rings (SSSR count). The van der Waals surface area contributed by atoms with Gasteiger partial charge in [-0.3, -0.25) is 9.78 Å². The van der Waals surface area contributed by atoms with Crippen molar-refractivity contribution in [3.8, 4) is 17.3 Å². The Balaban J connectivity index is 1.37. The Morgan fingerprint density at radius 1 is 1.40 bits per heavy atom.